The maximum absolute atomic E-state index is 10.5. The van der Waals surface area contributed by atoms with Crippen molar-refractivity contribution in [1.29, 1.82) is 0 Å². The van der Waals surface area contributed by atoms with Gasteiger partial charge in [-0.2, -0.15) is 0 Å². The van der Waals surface area contributed by atoms with Gasteiger partial charge < -0.3 is 5.11 Å². The van der Waals surface area contributed by atoms with Gasteiger partial charge in [-0.3, -0.25) is 0 Å². The van der Waals surface area contributed by atoms with Crippen LogP contribution in [0.5, 0.6) is 0 Å². The monoisotopic (exact) mass is 224 g/mol. The smallest absolute Gasteiger partial charge is 0.0596 e. The van der Waals surface area contributed by atoms with Crippen LogP contribution in [0.3, 0.4) is 0 Å². The van der Waals surface area contributed by atoms with Crippen LogP contribution in [0, 0.1) is 17.8 Å². The highest BCUT2D eigenvalue weighted by molar-refractivity contribution is 4.81. The second-order valence-corrected chi connectivity index (χ2v) is 6.26. The van der Waals surface area contributed by atoms with E-state index in [0.717, 1.165) is 5.92 Å². The Bertz CT molecular complexity index is 186. The van der Waals surface area contributed by atoms with Crippen molar-refractivity contribution in [1.82, 2.24) is 0 Å². The minimum absolute atomic E-state index is 0.0191. The van der Waals surface area contributed by atoms with Crippen molar-refractivity contribution >= 4 is 0 Å². The number of hydrogen-bond acceptors (Lipinski definition) is 1. The van der Waals surface area contributed by atoms with Crippen molar-refractivity contribution < 1.29 is 5.11 Å². The molecule has 0 aliphatic heterocycles. The van der Waals surface area contributed by atoms with Gasteiger partial charge in [0.25, 0.3) is 0 Å². The molecule has 94 valence electrons. The molecule has 1 unspecified atom stereocenters. The van der Waals surface area contributed by atoms with Gasteiger partial charge in [0.15, 0.2) is 0 Å². The second kappa shape index (κ2) is 6.05. The highest BCUT2D eigenvalue weighted by Crippen LogP contribution is 2.36. The van der Waals surface area contributed by atoms with Crippen LogP contribution < -0.4 is 0 Å². The van der Waals surface area contributed by atoms with Crippen LogP contribution in [0.2, 0.25) is 0 Å². The van der Waals surface area contributed by atoms with Crippen LogP contribution in [0.1, 0.15) is 71.1 Å². The fourth-order valence-corrected chi connectivity index (χ4v) is 3.66. The van der Waals surface area contributed by atoms with E-state index in [1.165, 1.54) is 64.2 Å². The van der Waals surface area contributed by atoms with Gasteiger partial charge in [-0.1, -0.05) is 45.4 Å². The minimum atomic E-state index is 0.0191. The molecule has 0 spiro atoms. The summed E-state index contributed by atoms with van der Waals surface area (Å²) in [7, 11) is 0. The van der Waals surface area contributed by atoms with Gasteiger partial charge in [-0.25, -0.2) is 0 Å². The van der Waals surface area contributed by atoms with E-state index in [9.17, 15) is 5.11 Å². The minimum Gasteiger partial charge on any atom is -0.393 e. The summed E-state index contributed by atoms with van der Waals surface area (Å²) in [5, 5.41) is 10.5. The van der Waals surface area contributed by atoms with Crippen molar-refractivity contribution in [3.8, 4) is 0 Å². The van der Waals surface area contributed by atoms with Crippen molar-refractivity contribution in [3.63, 3.8) is 0 Å². The third-order valence-electron chi connectivity index (χ3n) is 4.93. The number of hydrogen-bond donors (Lipinski definition) is 1. The lowest BCUT2D eigenvalue weighted by Crippen LogP contribution is -2.31. The Morgan fingerprint density at radius 2 is 1.25 bits per heavy atom. The highest BCUT2D eigenvalue weighted by atomic mass is 16.3. The molecule has 0 heterocycles. The zero-order valence-electron chi connectivity index (χ0n) is 10.8. The largest absolute Gasteiger partial charge is 0.393 e. The topological polar surface area (TPSA) is 20.2 Å². The Hall–Kier alpha value is -0.0400. The van der Waals surface area contributed by atoms with Crippen molar-refractivity contribution in [2.24, 2.45) is 17.8 Å². The first-order valence-corrected chi connectivity index (χ1v) is 7.45. The molecule has 1 nitrogen and oxygen atoms in total. The predicted molar refractivity (Wildman–Crippen MR) is 68.3 cm³/mol. The fraction of sp³-hybridized carbons (Fsp3) is 1.00. The molecule has 0 aromatic carbocycles. The highest BCUT2D eigenvalue weighted by Gasteiger charge is 2.30. The second-order valence-electron chi connectivity index (χ2n) is 6.26. The lowest BCUT2D eigenvalue weighted by Gasteiger charge is -2.34. The Morgan fingerprint density at radius 1 is 0.750 bits per heavy atom. The third kappa shape index (κ3) is 3.23. The van der Waals surface area contributed by atoms with E-state index in [2.05, 4.69) is 6.92 Å². The van der Waals surface area contributed by atoms with E-state index < -0.39 is 0 Å². The summed E-state index contributed by atoms with van der Waals surface area (Å²) < 4.78 is 0. The summed E-state index contributed by atoms with van der Waals surface area (Å²) >= 11 is 0. The molecule has 0 amide bonds. The Labute approximate surface area is 101 Å². The van der Waals surface area contributed by atoms with Gasteiger partial charge >= 0.3 is 0 Å². The Balaban J connectivity index is 1.83. The van der Waals surface area contributed by atoms with Gasteiger partial charge in [0.1, 0.15) is 0 Å². The summed E-state index contributed by atoms with van der Waals surface area (Å²) in [5.74, 6) is 2.15. The first-order chi connectivity index (χ1) is 7.77. The SMILES string of the molecule is CC1CCC(C(O)C2CCCCCC2)CC1. The van der Waals surface area contributed by atoms with E-state index in [-0.39, 0.29) is 6.10 Å². The molecular weight excluding hydrogens is 196 g/mol. The van der Waals surface area contributed by atoms with Gasteiger partial charge in [0.2, 0.25) is 0 Å². The molecule has 1 atom stereocenters. The van der Waals surface area contributed by atoms with Crippen LogP contribution in [0.15, 0.2) is 0 Å². The quantitative estimate of drug-likeness (QED) is 0.699. The summed E-state index contributed by atoms with van der Waals surface area (Å²) in [4.78, 5) is 0. The van der Waals surface area contributed by atoms with E-state index in [4.69, 9.17) is 0 Å². The zero-order valence-corrected chi connectivity index (χ0v) is 10.8. The number of rotatable bonds is 2. The molecule has 16 heavy (non-hydrogen) atoms. The zero-order chi connectivity index (χ0) is 11.4. The molecule has 0 aromatic rings. The molecule has 2 fully saturated rings. The lowest BCUT2D eigenvalue weighted by atomic mass is 9.75. The van der Waals surface area contributed by atoms with Gasteiger partial charge in [-0.15, -0.1) is 0 Å². The van der Waals surface area contributed by atoms with Crippen molar-refractivity contribution in [2.45, 2.75) is 77.2 Å². The Morgan fingerprint density at radius 3 is 1.81 bits per heavy atom. The maximum atomic E-state index is 10.5. The summed E-state index contributed by atoms with van der Waals surface area (Å²) in [5.41, 5.74) is 0. The fourth-order valence-electron chi connectivity index (χ4n) is 3.66. The molecular formula is C15H28O. The van der Waals surface area contributed by atoms with E-state index in [1.807, 2.05) is 0 Å². The normalized spacial score (nSPS) is 35.6. The van der Waals surface area contributed by atoms with Crippen LogP contribution in [-0.2, 0) is 0 Å². The molecule has 2 rings (SSSR count). The van der Waals surface area contributed by atoms with Crippen LogP contribution in [0.4, 0.5) is 0 Å². The lowest BCUT2D eigenvalue weighted by molar-refractivity contribution is 0.0215. The molecule has 0 aromatic heterocycles. The third-order valence-corrected chi connectivity index (χ3v) is 4.93. The average molecular weight is 224 g/mol. The van der Waals surface area contributed by atoms with E-state index >= 15 is 0 Å². The maximum Gasteiger partial charge on any atom is 0.0596 e. The van der Waals surface area contributed by atoms with E-state index in [1.54, 1.807) is 0 Å². The molecule has 2 saturated carbocycles. The number of aliphatic hydroxyl groups is 1. The molecule has 1 N–H and O–H groups in total. The van der Waals surface area contributed by atoms with Gasteiger partial charge in [0.05, 0.1) is 6.10 Å². The average Bonchev–Trinajstić information content (AvgIpc) is 2.57. The number of aliphatic hydroxyl groups excluding tert-OH is 1. The molecule has 0 radical (unpaired) electrons. The standard InChI is InChI=1S/C15H28O/c1-12-8-10-14(11-9-12)15(16)13-6-4-2-3-5-7-13/h12-16H,2-11H2,1H3. The van der Waals surface area contributed by atoms with Crippen LogP contribution in [0.25, 0.3) is 0 Å². The first-order valence-electron chi connectivity index (χ1n) is 7.45. The summed E-state index contributed by atoms with van der Waals surface area (Å²) in [6.07, 6.45) is 13.3. The molecule has 2 aliphatic rings. The van der Waals surface area contributed by atoms with Crippen molar-refractivity contribution in [2.75, 3.05) is 0 Å². The molecule has 1 heteroatoms. The van der Waals surface area contributed by atoms with Crippen LogP contribution in [-0.4, -0.2) is 11.2 Å². The Kier molecular flexibility index (Phi) is 4.69. The van der Waals surface area contributed by atoms with Crippen LogP contribution >= 0.6 is 0 Å². The van der Waals surface area contributed by atoms with Gasteiger partial charge in [0, 0.05) is 0 Å². The molecule has 0 saturated heterocycles. The van der Waals surface area contributed by atoms with Gasteiger partial charge in [-0.05, 0) is 43.4 Å². The predicted octanol–water partition coefficient (Wildman–Crippen LogP) is 4.14. The van der Waals surface area contributed by atoms with Crippen molar-refractivity contribution in [3.05, 3.63) is 0 Å². The first kappa shape index (κ1) is 12.4. The summed E-state index contributed by atoms with van der Waals surface area (Å²) in [6, 6.07) is 0. The summed E-state index contributed by atoms with van der Waals surface area (Å²) in [6.45, 7) is 2.36. The molecule has 2 aliphatic carbocycles. The molecule has 0 bridgehead atoms. The van der Waals surface area contributed by atoms with E-state index in [0.29, 0.717) is 11.8 Å².